The van der Waals surface area contributed by atoms with E-state index in [1.807, 2.05) is 6.92 Å². The summed E-state index contributed by atoms with van der Waals surface area (Å²) in [5.74, 6) is 1.00. The quantitative estimate of drug-likeness (QED) is 0.683. The molecule has 0 N–H and O–H groups in total. The van der Waals surface area contributed by atoms with Crippen LogP contribution >= 0.6 is 34.8 Å². The lowest BCUT2D eigenvalue weighted by Crippen LogP contribution is -2.22. The molecule has 1 aromatic rings. The summed E-state index contributed by atoms with van der Waals surface area (Å²) in [4.78, 5) is 6.82. The van der Waals surface area contributed by atoms with Crippen LogP contribution in [-0.2, 0) is 0 Å². The summed E-state index contributed by atoms with van der Waals surface area (Å²) in [5.41, 5.74) is 1.79. The minimum absolute atomic E-state index is 0.481. The monoisotopic (exact) mass is 316 g/mol. The van der Waals surface area contributed by atoms with Crippen LogP contribution in [0.25, 0.3) is 0 Å². The number of aliphatic imine (C=N–C) groups is 1. The fourth-order valence-electron chi connectivity index (χ4n) is 2.08. The first-order valence-corrected chi connectivity index (χ1v) is 7.29. The van der Waals surface area contributed by atoms with E-state index in [-0.39, 0.29) is 0 Å². The molecule has 1 saturated heterocycles. The second-order valence-electron chi connectivity index (χ2n) is 4.43. The molecule has 19 heavy (non-hydrogen) atoms. The van der Waals surface area contributed by atoms with Crippen LogP contribution in [-0.4, -0.2) is 17.3 Å². The van der Waals surface area contributed by atoms with Gasteiger partial charge in [0, 0.05) is 23.7 Å². The molecule has 0 unspecified atom stereocenters. The average Bonchev–Trinajstić information content (AvgIpc) is 2.80. The van der Waals surface area contributed by atoms with Gasteiger partial charge in [0.05, 0.1) is 10.0 Å². The molecule has 0 atom stereocenters. The molecule has 1 aliphatic heterocycles. The minimum atomic E-state index is 0.481. The van der Waals surface area contributed by atoms with Crippen molar-refractivity contribution in [1.82, 2.24) is 4.90 Å². The molecule has 0 radical (unpaired) electrons. The van der Waals surface area contributed by atoms with E-state index < -0.39 is 0 Å². The molecule has 0 spiro atoms. The second kappa shape index (κ2) is 6.17. The number of rotatable bonds is 2. The van der Waals surface area contributed by atoms with E-state index in [1.165, 1.54) is 5.70 Å². The molecule has 0 amide bonds. The Hall–Kier alpha value is -0.700. The SMILES string of the molecule is C/C=C(/C)N1CCCC1=Nc1c(Cl)cc(Cl)cc1Cl. The van der Waals surface area contributed by atoms with Gasteiger partial charge < -0.3 is 4.90 Å². The molecule has 102 valence electrons. The zero-order chi connectivity index (χ0) is 14.0. The Morgan fingerprint density at radius 3 is 2.47 bits per heavy atom. The summed E-state index contributed by atoms with van der Waals surface area (Å²) >= 11 is 18.2. The van der Waals surface area contributed by atoms with Gasteiger partial charge in [-0.15, -0.1) is 0 Å². The zero-order valence-corrected chi connectivity index (χ0v) is 13.1. The van der Waals surface area contributed by atoms with Gasteiger partial charge in [-0.1, -0.05) is 40.9 Å². The Morgan fingerprint density at radius 1 is 1.26 bits per heavy atom. The Morgan fingerprint density at radius 2 is 1.89 bits per heavy atom. The number of likely N-dealkylation sites (tertiary alicyclic amines) is 1. The number of amidine groups is 1. The molecular weight excluding hydrogens is 303 g/mol. The third kappa shape index (κ3) is 3.25. The molecule has 0 aromatic heterocycles. The van der Waals surface area contributed by atoms with Gasteiger partial charge in [0.2, 0.25) is 0 Å². The summed E-state index contributed by atoms with van der Waals surface area (Å²) in [6.45, 7) is 5.08. The van der Waals surface area contributed by atoms with Gasteiger partial charge >= 0.3 is 0 Å². The fraction of sp³-hybridized carbons (Fsp3) is 0.357. The van der Waals surface area contributed by atoms with Crippen molar-refractivity contribution in [3.8, 4) is 0 Å². The van der Waals surface area contributed by atoms with Crippen LogP contribution < -0.4 is 0 Å². The zero-order valence-electron chi connectivity index (χ0n) is 10.9. The highest BCUT2D eigenvalue weighted by Gasteiger charge is 2.20. The lowest BCUT2D eigenvalue weighted by atomic mass is 10.3. The van der Waals surface area contributed by atoms with Crippen molar-refractivity contribution in [3.63, 3.8) is 0 Å². The first-order valence-electron chi connectivity index (χ1n) is 6.15. The van der Waals surface area contributed by atoms with Crippen molar-refractivity contribution >= 4 is 46.3 Å². The van der Waals surface area contributed by atoms with Crippen molar-refractivity contribution in [3.05, 3.63) is 39.0 Å². The Kier molecular flexibility index (Phi) is 4.77. The number of nitrogens with zero attached hydrogens (tertiary/aromatic N) is 2. The van der Waals surface area contributed by atoms with Gasteiger partial charge in [-0.2, -0.15) is 0 Å². The molecule has 0 saturated carbocycles. The van der Waals surface area contributed by atoms with Crippen LogP contribution in [0.15, 0.2) is 28.9 Å². The number of halogens is 3. The summed E-state index contributed by atoms with van der Waals surface area (Å²) in [6.07, 6.45) is 4.10. The smallest absolute Gasteiger partial charge is 0.109 e. The van der Waals surface area contributed by atoms with E-state index in [9.17, 15) is 0 Å². The van der Waals surface area contributed by atoms with E-state index in [2.05, 4.69) is 22.9 Å². The number of allylic oxidation sites excluding steroid dienone is 2. The molecule has 0 bridgehead atoms. The maximum absolute atomic E-state index is 6.17. The van der Waals surface area contributed by atoms with Gasteiger partial charge in [0.25, 0.3) is 0 Å². The Balaban J connectivity index is 2.41. The average molecular weight is 318 g/mol. The van der Waals surface area contributed by atoms with E-state index in [0.29, 0.717) is 20.8 Å². The summed E-state index contributed by atoms with van der Waals surface area (Å²) in [6, 6.07) is 3.33. The van der Waals surface area contributed by atoms with Crippen LogP contribution in [0.3, 0.4) is 0 Å². The topological polar surface area (TPSA) is 15.6 Å². The lowest BCUT2D eigenvalue weighted by Gasteiger charge is -2.19. The van der Waals surface area contributed by atoms with Gasteiger partial charge in [-0.25, -0.2) is 4.99 Å². The van der Waals surface area contributed by atoms with E-state index >= 15 is 0 Å². The predicted octanol–water partition coefficient (Wildman–Crippen LogP) is 5.70. The summed E-state index contributed by atoms with van der Waals surface area (Å²) < 4.78 is 0. The maximum Gasteiger partial charge on any atom is 0.109 e. The molecule has 1 aromatic carbocycles. The Labute approximate surface area is 128 Å². The van der Waals surface area contributed by atoms with Crippen molar-refractivity contribution in [2.24, 2.45) is 4.99 Å². The summed E-state index contributed by atoms with van der Waals surface area (Å²) in [5, 5.41) is 1.48. The molecular formula is C14H15Cl3N2. The van der Waals surface area contributed by atoms with Crippen LogP contribution in [0.1, 0.15) is 26.7 Å². The normalized spacial score (nSPS) is 18.5. The van der Waals surface area contributed by atoms with Crippen LogP contribution in [0, 0.1) is 0 Å². The number of hydrogen-bond acceptors (Lipinski definition) is 1. The highest BCUT2D eigenvalue weighted by molar-refractivity contribution is 6.41. The molecule has 5 heteroatoms. The van der Waals surface area contributed by atoms with E-state index in [4.69, 9.17) is 34.8 Å². The molecule has 1 heterocycles. The molecule has 0 aliphatic carbocycles. The third-order valence-corrected chi connectivity index (χ3v) is 3.95. The summed E-state index contributed by atoms with van der Waals surface area (Å²) in [7, 11) is 0. The van der Waals surface area contributed by atoms with Gasteiger partial charge in [-0.05, 0) is 32.4 Å². The first-order chi connectivity index (χ1) is 9.02. The number of hydrogen-bond donors (Lipinski definition) is 0. The number of benzene rings is 1. The molecule has 2 rings (SSSR count). The lowest BCUT2D eigenvalue weighted by molar-refractivity contribution is 0.555. The molecule has 2 nitrogen and oxygen atoms in total. The van der Waals surface area contributed by atoms with Crippen molar-refractivity contribution in [2.75, 3.05) is 6.54 Å². The van der Waals surface area contributed by atoms with Gasteiger partial charge in [0.1, 0.15) is 11.5 Å². The predicted molar refractivity (Wildman–Crippen MR) is 83.9 cm³/mol. The van der Waals surface area contributed by atoms with Crippen molar-refractivity contribution in [1.29, 1.82) is 0 Å². The van der Waals surface area contributed by atoms with Crippen molar-refractivity contribution in [2.45, 2.75) is 26.7 Å². The highest BCUT2D eigenvalue weighted by Crippen LogP contribution is 2.37. The largest absolute Gasteiger partial charge is 0.334 e. The van der Waals surface area contributed by atoms with Crippen molar-refractivity contribution < 1.29 is 0 Å². The van der Waals surface area contributed by atoms with Crippen LogP contribution in [0.5, 0.6) is 0 Å². The minimum Gasteiger partial charge on any atom is -0.334 e. The van der Waals surface area contributed by atoms with E-state index in [1.54, 1.807) is 12.1 Å². The fourth-order valence-corrected chi connectivity index (χ4v) is 2.98. The highest BCUT2D eigenvalue weighted by atomic mass is 35.5. The first kappa shape index (κ1) is 14.7. The van der Waals surface area contributed by atoms with Gasteiger partial charge in [0.15, 0.2) is 0 Å². The maximum atomic E-state index is 6.17. The Bertz CT molecular complexity index is 527. The second-order valence-corrected chi connectivity index (χ2v) is 5.68. The third-order valence-electron chi connectivity index (χ3n) is 3.16. The standard InChI is InChI=1S/C14H15Cl3N2/c1-3-9(2)19-6-4-5-13(19)18-14-11(16)7-10(15)8-12(14)17/h3,7-8H,4-6H2,1-2H3/b9-3-,18-13?. The van der Waals surface area contributed by atoms with E-state index in [0.717, 1.165) is 25.2 Å². The molecule has 1 aliphatic rings. The van der Waals surface area contributed by atoms with Crippen LogP contribution in [0.2, 0.25) is 15.1 Å². The van der Waals surface area contributed by atoms with Crippen LogP contribution in [0.4, 0.5) is 5.69 Å². The molecule has 1 fully saturated rings. The van der Waals surface area contributed by atoms with Gasteiger partial charge in [-0.3, -0.25) is 0 Å².